The number of aromatic nitrogens is 1. The summed E-state index contributed by atoms with van der Waals surface area (Å²) in [6.07, 6.45) is 14.1. The van der Waals surface area contributed by atoms with Gasteiger partial charge in [0.25, 0.3) is 0 Å². The number of H-pyrrole nitrogens is 1. The fraction of sp³-hybridized carbons (Fsp3) is 0.440. The van der Waals surface area contributed by atoms with Crippen molar-refractivity contribution in [2.75, 3.05) is 7.05 Å². The summed E-state index contributed by atoms with van der Waals surface area (Å²) in [6.45, 7) is 9.03. The maximum absolute atomic E-state index is 13.4. The molecule has 3 aliphatic carbocycles. The van der Waals surface area contributed by atoms with E-state index in [1.807, 2.05) is 6.21 Å². The Bertz CT molecular complexity index is 1090. The lowest BCUT2D eigenvalue weighted by Gasteiger charge is -2.35. The van der Waals surface area contributed by atoms with Crippen LogP contribution in [0.4, 0.5) is 0 Å². The molecule has 0 saturated heterocycles. The van der Waals surface area contributed by atoms with Crippen molar-refractivity contribution in [3.8, 4) is 0 Å². The van der Waals surface area contributed by atoms with E-state index in [0.717, 1.165) is 35.8 Å². The number of hydrogen-bond donors (Lipinski definition) is 1. The van der Waals surface area contributed by atoms with Gasteiger partial charge in [-0.15, -0.1) is 0 Å². The predicted molar refractivity (Wildman–Crippen MR) is 117 cm³/mol. The predicted octanol–water partition coefficient (Wildman–Crippen LogP) is 3.68. The van der Waals surface area contributed by atoms with Crippen LogP contribution in [0.2, 0.25) is 0 Å². The maximum atomic E-state index is 13.4. The van der Waals surface area contributed by atoms with Crippen molar-refractivity contribution in [2.24, 2.45) is 10.9 Å². The molecule has 0 radical (unpaired) electrons. The number of fused-ring (bicyclic) bond motifs is 3. The Morgan fingerprint density at radius 1 is 1.29 bits per heavy atom. The highest BCUT2D eigenvalue weighted by atomic mass is 16.1. The molecule has 1 unspecified atom stereocenters. The van der Waals surface area contributed by atoms with E-state index < -0.39 is 0 Å². The molecular formula is C25H30N2O. The third-order valence-electron chi connectivity index (χ3n) is 6.53. The highest BCUT2D eigenvalue weighted by molar-refractivity contribution is 6.02. The van der Waals surface area contributed by atoms with Crippen LogP contribution >= 0.6 is 0 Å². The molecule has 0 amide bonds. The fourth-order valence-corrected chi connectivity index (χ4v) is 5.34. The molecule has 0 bridgehead atoms. The first-order valence-electron chi connectivity index (χ1n) is 10.4. The molecule has 28 heavy (non-hydrogen) atoms. The standard InChI is InChI=1S/C25H30N2O/c1-6-16-10-15(2)23-20(11-16)22(28)13-19-18-9-7-8-17(14-26-5)12-21(18)27-24(19)25(23,3)4/h8-9,11-12,14-15,27H,6-7,10,13H2,1-5H3/b26-14-. The molecule has 1 aromatic heterocycles. The molecule has 0 saturated carbocycles. The Morgan fingerprint density at radius 2 is 2.07 bits per heavy atom. The van der Waals surface area contributed by atoms with E-state index in [2.05, 4.69) is 62.0 Å². The minimum absolute atomic E-state index is 0.192. The van der Waals surface area contributed by atoms with Gasteiger partial charge in [0, 0.05) is 41.7 Å². The third kappa shape index (κ3) is 2.88. The van der Waals surface area contributed by atoms with Gasteiger partial charge in [-0.3, -0.25) is 9.79 Å². The summed E-state index contributed by atoms with van der Waals surface area (Å²) in [7, 11) is 1.80. The Morgan fingerprint density at radius 3 is 2.79 bits per heavy atom. The van der Waals surface area contributed by atoms with E-state index in [1.54, 1.807) is 7.05 Å². The molecule has 4 rings (SSSR count). The minimum Gasteiger partial charge on any atom is -0.357 e. The third-order valence-corrected chi connectivity index (χ3v) is 6.53. The van der Waals surface area contributed by atoms with Crippen molar-refractivity contribution in [1.29, 1.82) is 0 Å². The summed E-state index contributed by atoms with van der Waals surface area (Å²) >= 11 is 0. The zero-order valence-electron chi connectivity index (χ0n) is 17.6. The summed E-state index contributed by atoms with van der Waals surface area (Å²) < 4.78 is 0. The zero-order chi connectivity index (χ0) is 20.1. The number of aliphatic imine (C=N–C) groups is 1. The molecule has 0 spiro atoms. The Balaban J connectivity index is 1.97. The molecule has 3 aliphatic rings. The van der Waals surface area contributed by atoms with Gasteiger partial charge in [-0.25, -0.2) is 0 Å². The first kappa shape index (κ1) is 18.9. The van der Waals surface area contributed by atoms with Crippen LogP contribution in [0, 0.1) is 5.92 Å². The number of ketones is 1. The van der Waals surface area contributed by atoms with Crippen LogP contribution in [-0.2, 0) is 16.6 Å². The van der Waals surface area contributed by atoms with Gasteiger partial charge in [-0.05, 0) is 53.2 Å². The van der Waals surface area contributed by atoms with E-state index in [-0.39, 0.29) is 11.2 Å². The second-order valence-corrected chi connectivity index (χ2v) is 8.80. The summed E-state index contributed by atoms with van der Waals surface area (Å²) in [6, 6.07) is 0. The molecule has 0 aliphatic heterocycles. The van der Waals surface area contributed by atoms with Gasteiger partial charge in [-0.2, -0.15) is 0 Å². The van der Waals surface area contributed by atoms with Gasteiger partial charge < -0.3 is 4.98 Å². The van der Waals surface area contributed by atoms with Crippen LogP contribution in [0.3, 0.4) is 0 Å². The van der Waals surface area contributed by atoms with Gasteiger partial charge in [0.15, 0.2) is 5.78 Å². The highest BCUT2D eigenvalue weighted by Gasteiger charge is 2.40. The largest absolute Gasteiger partial charge is 0.357 e. The molecule has 3 heteroatoms. The number of nitrogens with zero attached hydrogens (tertiary/aromatic N) is 1. The normalized spacial score (nSPS) is 23.6. The Hall–Kier alpha value is -2.42. The molecule has 3 nitrogen and oxygen atoms in total. The Kier molecular flexibility index (Phi) is 4.65. The SMILES string of the molecule is CCC1=CC2=C(C(C)C1)C(C)(C)c1[nH]c3c(c1CC2=O)=CCC=C(/C=N\C)C=3. The topological polar surface area (TPSA) is 45.2 Å². The van der Waals surface area contributed by atoms with Crippen LogP contribution in [-0.4, -0.2) is 24.0 Å². The second kappa shape index (κ2) is 6.88. The average molecular weight is 375 g/mol. The van der Waals surface area contributed by atoms with Crippen LogP contribution in [0.5, 0.6) is 0 Å². The summed E-state index contributed by atoms with van der Waals surface area (Å²) in [5, 5.41) is 2.30. The van der Waals surface area contributed by atoms with Crippen LogP contribution in [0.1, 0.15) is 58.2 Å². The summed E-state index contributed by atoms with van der Waals surface area (Å²) in [4.78, 5) is 21.3. The summed E-state index contributed by atoms with van der Waals surface area (Å²) in [5.74, 6) is 0.653. The maximum Gasteiger partial charge on any atom is 0.167 e. The van der Waals surface area contributed by atoms with Crippen molar-refractivity contribution < 1.29 is 4.79 Å². The number of nitrogens with one attached hydrogen (secondary N) is 1. The zero-order valence-corrected chi connectivity index (χ0v) is 17.6. The first-order chi connectivity index (χ1) is 13.4. The number of rotatable bonds is 2. The number of carbonyl (C=O) groups excluding carboxylic acids is 1. The van der Waals surface area contributed by atoms with Crippen molar-refractivity contribution in [1.82, 2.24) is 4.98 Å². The molecule has 0 fully saturated rings. The average Bonchev–Trinajstić information content (AvgIpc) is 2.81. The summed E-state index contributed by atoms with van der Waals surface area (Å²) in [5.41, 5.74) is 6.97. The molecular weight excluding hydrogens is 344 g/mol. The lowest BCUT2D eigenvalue weighted by atomic mass is 9.69. The molecule has 1 aromatic rings. The first-order valence-corrected chi connectivity index (χ1v) is 10.4. The van der Waals surface area contributed by atoms with E-state index in [0.29, 0.717) is 12.3 Å². The van der Waals surface area contributed by atoms with Crippen molar-refractivity contribution in [3.05, 3.63) is 56.3 Å². The molecule has 1 heterocycles. The van der Waals surface area contributed by atoms with E-state index in [4.69, 9.17) is 0 Å². The van der Waals surface area contributed by atoms with Crippen LogP contribution in [0.25, 0.3) is 12.2 Å². The lowest BCUT2D eigenvalue weighted by Crippen LogP contribution is -2.29. The van der Waals surface area contributed by atoms with Crippen LogP contribution in [0.15, 0.2) is 39.4 Å². The quantitative estimate of drug-likeness (QED) is 0.789. The highest BCUT2D eigenvalue weighted by Crippen LogP contribution is 2.45. The lowest BCUT2D eigenvalue weighted by molar-refractivity contribution is -0.114. The van der Waals surface area contributed by atoms with Crippen molar-refractivity contribution >= 4 is 24.1 Å². The number of aromatic amines is 1. The van der Waals surface area contributed by atoms with Gasteiger partial charge in [0.1, 0.15) is 0 Å². The van der Waals surface area contributed by atoms with E-state index in [9.17, 15) is 4.79 Å². The van der Waals surface area contributed by atoms with Gasteiger partial charge >= 0.3 is 0 Å². The molecule has 0 aromatic carbocycles. The number of carbonyl (C=O) groups is 1. The minimum atomic E-state index is -0.192. The second-order valence-electron chi connectivity index (χ2n) is 8.80. The van der Waals surface area contributed by atoms with E-state index >= 15 is 0 Å². The smallest absolute Gasteiger partial charge is 0.167 e. The van der Waals surface area contributed by atoms with Gasteiger partial charge in [-0.1, -0.05) is 51.5 Å². The van der Waals surface area contributed by atoms with E-state index in [1.165, 1.54) is 27.6 Å². The number of allylic oxidation sites excluding steroid dienone is 6. The van der Waals surface area contributed by atoms with Gasteiger partial charge in [0.05, 0.1) is 0 Å². The monoisotopic (exact) mass is 374 g/mol. The molecule has 1 N–H and O–H groups in total. The van der Waals surface area contributed by atoms with Crippen molar-refractivity contribution in [2.45, 2.75) is 58.8 Å². The van der Waals surface area contributed by atoms with Crippen LogP contribution < -0.4 is 10.6 Å². The Labute approximate surface area is 167 Å². The van der Waals surface area contributed by atoms with Crippen molar-refractivity contribution in [3.63, 3.8) is 0 Å². The molecule has 146 valence electrons. The number of hydrogen-bond acceptors (Lipinski definition) is 2. The number of Topliss-reactive ketones (excluding diaryl/α,β-unsaturated/α-hetero) is 1. The van der Waals surface area contributed by atoms with Gasteiger partial charge in [0.2, 0.25) is 0 Å². The molecule has 1 atom stereocenters. The fourth-order valence-electron chi connectivity index (χ4n) is 5.34.